The van der Waals surface area contributed by atoms with E-state index in [2.05, 4.69) is 39.2 Å². The molecule has 0 amide bonds. The van der Waals surface area contributed by atoms with Gasteiger partial charge in [-0.1, -0.05) is 56.9 Å². The molecule has 0 spiro atoms. The SMILES string of the molecule is C=CCCCCCC(=CCCCC)CC(C)CC=C. The Kier molecular flexibility index (Phi) is 13.1. The topological polar surface area (TPSA) is 0 Å². The molecular weight excluding hydrogens is 228 g/mol. The maximum absolute atomic E-state index is 3.85. The molecule has 0 N–H and O–H groups in total. The van der Waals surface area contributed by atoms with E-state index in [0.29, 0.717) is 0 Å². The third-order valence-electron chi connectivity index (χ3n) is 3.58. The maximum atomic E-state index is 3.85. The number of unbranched alkanes of at least 4 members (excludes halogenated alkanes) is 5. The Morgan fingerprint density at radius 1 is 1.00 bits per heavy atom. The lowest BCUT2D eigenvalue weighted by Gasteiger charge is -2.13. The molecule has 0 heterocycles. The van der Waals surface area contributed by atoms with Gasteiger partial charge in [-0.25, -0.2) is 0 Å². The molecule has 0 aromatic rings. The summed E-state index contributed by atoms with van der Waals surface area (Å²) in [6.07, 6.45) is 19.3. The molecule has 0 saturated carbocycles. The van der Waals surface area contributed by atoms with Gasteiger partial charge in [-0.2, -0.15) is 0 Å². The first-order chi connectivity index (χ1) is 9.24. The molecule has 0 aromatic heterocycles. The molecule has 110 valence electrons. The van der Waals surface area contributed by atoms with Crippen LogP contribution in [-0.4, -0.2) is 0 Å². The Labute approximate surface area is 121 Å². The van der Waals surface area contributed by atoms with E-state index in [1.54, 1.807) is 5.57 Å². The van der Waals surface area contributed by atoms with E-state index in [0.717, 1.165) is 12.3 Å². The molecule has 0 aliphatic rings. The normalized spacial score (nSPS) is 13.3. The van der Waals surface area contributed by atoms with Crippen LogP contribution in [0.15, 0.2) is 37.0 Å². The number of hydrogen-bond donors (Lipinski definition) is 0. The monoisotopic (exact) mass is 262 g/mol. The lowest BCUT2D eigenvalue weighted by atomic mass is 9.93. The van der Waals surface area contributed by atoms with Crippen LogP contribution in [0.2, 0.25) is 0 Å². The molecule has 1 unspecified atom stereocenters. The van der Waals surface area contributed by atoms with Gasteiger partial charge in [0.25, 0.3) is 0 Å². The van der Waals surface area contributed by atoms with Gasteiger partial charge in [0.2, 0.25) is 0 Å². The van der Waals surface area contributed by atoms with Crippen LogP contribution in [0.4, 0.5) is 0 Å². The Balaban J connectivity index is 4.05. The summed E-state index contributed by atoms with van der Waals surface area (Å²) in [5.41, 5.74) is 1.68. The fourth-order valence-corrected chi connectivity index (χ4v) is 2.43. The van der Waals surface area contributed by atoms with Crippen molar-refractivity contribution < 1.29 is 0 Å². The Morgan fingerprint density at radius 2 is 1.79 bits per heavy atom. The van der Waals surface area contributed by atoms with Crippen LogP contribution in [0.5, 0.6) is 0 Å². The van der Waals surface area contributed by atoms with E-state index in [1.807, 2.05) is 6.08 Å². The molecule has 0 saturated heterocycles. The summed E-state index contributed by atoms with van der Waals surface area (Å²) in [5, 5.41) is 0. The van der Waals surface area contributed by atoms with Crippen molar-refractivity contribution in [1.29, 1.82) is 0 Å². The van der Waals surface area contributed by atoms with Crippen LogP contribution in [0, 0.1) is 5.92 Å². The van der Waals surface area contributed by atoms with Crippen molar-refractivity contribution in [1.82, 2.24) is 0 Å². The van der Waals surface area contributed by atoms with Crippen LogP contribution in [-0.2, 0) is 0 Å². The average Bonchev–Trinajstić information content (AvgIpc) is 2.38. The minimum absolute atomic E-state index is 0.749. The van der Waals surface area contributed by atoms with E-state index in [4.69, 9.17) is 0 Å². The first kappa shape index (κ1) is 18.2. The predicted octanol–water partition coefficient (Wildman–Crippen LogP) is 6.84. The predicted molar refractivity (Wildman–Crippen MR) is 89.5 cm³/mol. The third-order valence-corrected chi connectivity index (χ3v) is 3.58. The molecule has 19 heavy (non-hydrogen) atoms. The second-order valence-electron chi connectivity index (χ2n) is 5.73. The molecule has 0 radical (unpaired) electrons. The summed E-state index contributed by atoms with van der Waals surface area (Å²) in [6, 6.07) is 0. The van der Waals surface area contributed by atoms with Crippen molar-refractivity contribution in [3.8, 4) is 0 Å². The highest BCUT2D eigenvalue weighted by atomic mass is 14.1. The zero-order valence-corrected chi connectivity index (χ0v) is 13.3. The quantitative estimate of drug-likeness (QED) is 0.252. The molecule has 0 bridgehead atoms. The molecule has 0 nitrogen and oxygen atoms in total. The summed E-state index contributed by atoms with van der Waals surface area (Å²) in [4.78, 5) is 0. The summed E-state index contributed by atoms with van der Waals surface area (Å²) in [6.45, 7) is 12.2. The zero-order chi connectivity index (χ0) is 14.3. The molecule has 0 aromatic carbocycles. The van der Waals surface area contributed by atoms with Crippen LogP contribution in [0.25, 0.3) is 0 Å². The fourth-order valence-electron chi connectivity index (χ4n) is 2.43. The van der Waals surface area contributed by atoms with Crippen LogP contribution in [0.3, 0.4) is 0 Å². The molecule has 0 aliphatic carbocycles. The summed E-state index contributed by atoms with van der Waals surface area (Å²) < 4.78 is 0. The largest absolute Gasteiger partial charge is 0.103 e. The second-order valence-corrected chi connectivity index (χ2v) is 5.73. The molecule has 0 heteroatoms. The fraction of sp³-hybridized carbons (Fsp3) is 0.684. The van der Waals surface area contributed by atoms with Crippen LogP contribution >= 0.6 is 0 Å². The highest BCUT2D eigenvalue weighted by molar-refractivity contribution is 5.03. The van der Waals surface area contributed by atoms with Gasteiger partial charge in [-0.3, -0.25) is 0 Å². The van der Waals surface area contributed by atoms with Crippen molar-refractivity contribution in [3.05, 3.63) is 37.0 Å². The molecule has 0 aliphatic heterocycles. The summed E-state index contributed by atoms with van der Waals surface area (Å²) in [5.74, 6) is 0.749. The zero-order valence-electron chi connectivity index (χ0n) is 13.3. The maximum Gasteiger partial charge on any atom is -0.0291 e. The first-order valence-corrected chi connectivity index (χ1v) is 8.14. The highest BCUT2D eigenvalue weighted by Crippen LogP contribution is 2.21. The van der Waals surface area contributed by atoms with Crippen molar-refractivity contribution in [2.75, 3.05) is 0 Å². The minimum atomic E-state index is 0.749. The van der Waals surface area contributed by atoms with Crippen molar-refractivity contribution in [2.45, 2.75) is 78.1 Å². The van der Waals surface area contributed by atoms with Gasteiger partial charge < -0.3 is 0 Å². The Bertz CT molecular complexity index is 247. The molecule has 1 atom stereocenters. The van der Waals surface area contributed by atoms with Crippen molar-refractivity contribution in [2.24, 2.45) is 5.92 Å². The van der Waals surface area contributed by atoms with Gasteiger partial charge in [-0.05, 0) is 50.9 Å². The van der Waals surface area contributed by atoms with Crippen molar-refractivity contribution >= 4 is 0 Å². The Hall–Kier alpha value is -0.780. The third kappa shape index (κ3) is 12.0. The lowest BCUT2D eigenvalue weighted by Crippen LogP contribution is -1.96. The number of hydrogen-bond acceptors (Lipinski definition) is 0. The van der Waals surface area contributed by atoms with Gasteiger partial charge in [0, 0.05) is 0 Å². The summed E-state index contributed by atoms with van der Waals surface area (Å²) in [7, 11) is 0. The average molecular weight is 262 g/mol. The highest BCUT2D eigenvalue weighted by Gasteiger charge is 2.04. The second kappa shape index (κ2) is 13.6. The number of allylic oxidation sites excluding steroid dienone is 4. The van der Waals surface area contributed by atoms with Crippen molar-refractivity contribution in [3.63, 3.8) is 0 Å². The van der Waals surface area contributed by atoms with Gasteiger partial charge >= 0.3 is 0 Å². The molecule has 0 fully saturated rings. The molecule has 0 rings (SSSR count). The lowest BCUT2D eigenvalue weighted by molar-refractivity contribution is 0.560. The van der Waals surface area contributed by atoms with Gasteiger partial charge in [0.05, 0.1) is 0 Å². The van der Waals surface area contributed by atoms with Gasteiger partial charge in [0.1, 0.15) is 0 Å². The minimum Gasteiger partial charge on any atom is -0.103 e. The van der Waals surface area contributed by atoms with E-state index in [-0.39, 0.29) is 0 Å². The van der Waals surface area contributed by atoms with E-state index >= 15 is 0 Å². The number of rotatable bonds is 13. The standard InChI is InChI=1S/C19H34/c1-5-8-10-11-13-16-19(15-12-9-6-2)17-18(4)14-7-3/h5,7,15,18H,1,3,6,8-14,16-17H2,2,4H3. The van der Waals surface area contributed by atoms with E-state index in [9.17, 15) is 0 Å². The van der Waals surface area contributed by atoms with Gasteiger partial charge in [0.15, 0.2) is 0 Å². The smallest absolute Gasteiger partial charge is 0.0291 e. The van der Waals surface area contributed by atoms with E-state index < -0.39 is 0 Å². The molecular formula is C19H34. The van der Waals surface area contributed by atoms with E-state index in [1.165, 1.54) is 57.8 Å². The van der Waals surface area contributed by atoms with Crippen LogP contribution in [0.1, 0.15) is 78.1 Å². The summed E-state index contributed by atoms with van der Waals surface area (Å²) >= 11 is 0. The van der Waals surface area contributed by atoms with Gasteiger partial charge in [-0.15, -0.1) is 13.2 Å². The van der Waals surface area contributed by atoms with Crippen LogP contribution < -0.4 is 0 Å². The first-order valence-electron chi connectivity index (χ1n) is 8.14. The Morgan fingerprint density at radius 3 is 2.42 bits per heavy atom.